The number of hydrogen-bond acceptors (Lipinski definition) is 4. The molecular formula is C14H11Cl2N5. The van der Waals surface area contributed by atoms with Crippen molar-refractivity contribution in [2.45, 2.75) is 6.54 Å². The number of halogens is 2. The Kier molecular flexibility index (Phi) is 4.03. The maximum atomic E-state index is 5.99. The van der Waals surface area contributed by atoms with Crippen LogP contribution in [-0.2, 0) is 6.54 Å². The minimum Gasteiger partial charge on any atom is -0.381 e. The van der Waals surface area contributed by atoms with Crippen molar-refractivity contribution in [3.8, 4) is 5.69 Å². The van der Waals surface area contributed by atoms with Gasteiger partial charge in [-0.1, -0.05) is 29.3 Å². The lowest BCUT2D eigenvalue weighted by molar-refractivity contribution is 0.789. The highest BCUT2D eigenvalue weighted by atomic mass is 35.5. The first-order valence-electron chi connectivity index (χ1n) is 6.23. The van der Waals surface area contributed by atoms with Crippen LogP contribution in [0.1, 0.15) is 5.56 Å². The molecule has 3 aromatic rings. The monoisotopic (exact) mass is 319 g/mol. The zero-order valence-corrected chi connectivity index (χ0v) is 12.4. The first kappa shape index (κ1) is 13.9. The third-order valence-electron chi connectivity index (χ3n) is 2.88. The highest BCUT2D eigenvalue weighted by Gasteiger charge is 2.01. The highest BCUT2D eigenvalue weighted by molar-refractivity contribution is 6.34. The molecule has 1 aromatic heterocycles. The molecule has 0 aliphatic carbocycles. The summed E-state index contributed by atoms with van der Waals surface area (Å²) in [5.74, 6) is 0. The van der Waals surface area contributed by atoms with Crippen LogP contribution in [-0.4, -0.2) is 20.2 Å². The molecule has 0 amide bonds. The summed E-state index contributed by atoms with van der Waals surface area (Å²) in [5, 5.41) is 15.7. The van der Waals surface area contributed by atoms with Crippen molar-refractivity contribution in [1.82, 2.24) is 20.2 Å². The lowest BCUT2D eigenvalue weighted by Gasteiger charge is -2.09. The van der Waals surface area contributed by atoms with Gasteiger partial charge in [-0.15, -0.1) is 5.10 Å². The Morgan fingerprint density at radius 3 is 2.57 bits per heavy atom. The van der Waals surface area contributed by atoms with Gasteiger partial charge in [0.1, 0.15) is 6.33 Å². The lowest BCUT2D eigenvalue weighted by atomic mass is 10.2. The van der Waals surface area contributed by atoms with Gasteiger partial charge in [-0.2, -0.15) is 0 Å². The van der Waals surface area contributed by atoms with Crippen LogP contribution in [0.25, 0.3) is 5.69 Å². The van der Waals surface area contributed by atoms with E-state index in [-0.39, 0.29) is 0 Å². The van der Waals surface area contributed by atoms with E-state index in [1.54, 1.807) is 17.1 Å². The quantitative estimate of drug-likeness (QED) is 0.798. The second-order valence-electron chi connectivity index (χ2n) is 4.44. The fraction of sp³-hybridized carbons (Fsp3) is 0.0714. The Bertz CT molecular complexity index is 723. The first-order valence-corrected chi connectivity index (χ1v) is 6.98. The predicted octanol–water partition coefficient (Wildman–Crippen LogP) is 3.58. The molecule has 7 heteroatoms. The van der Waals surface area contributed by atoms with Crippen LogP contribution in [0.15, 0.2) is 48.8 Å². The fourth-order valence-corrected chi connectivity index (χ4v) is 2.53. The maximum absolute atomic E-state index is 5.99. The lowest BCUT2D eigenvalue weighted by Crippen LogP contribution is -2.01. The van der Waals surface area contributed by atoms with Crippen LogP contribution >= 0.6 is 23.2 Å². The molecule has 0 saturated heterocycles. The standard InChI is InChI=1S/C14H11Cl2N5/c15-11-4-10(5-12(16)6-11)8-17-13-2-1-3-14(7-13)21-9-18-19-20-21/h1-7,9,17H,8H2. The first-order chi connectivity index (χ1) is 10.2. The highest BCUT2D eigenvalue weighted by Crippen LogP contribution is 2.20. The van der Waals surface area contributed by atoms with Gasteiger partial charge in [-0.3, -0.25) is 0 Å². The number of rotatable bonds is 4. The number of aromatic nitrogens is 4. The molecule has 0 atom stereocenters. The van der Waals surface area contributed by atoms with Crippen LogP contribution < -0.4 is 5.32 Å². The molecule has 0 radical (unpaired) electrons. The van der Waals surface area contributed by atoms with Crippen LogP contribution in [0.5, 0.6) is 0 Å². The normalized spacial score (nSPS) is 10.6. The van der Waals surface area contributed by atoms with Crippen LogP contribution in [0.4, 0.5) is 5.69 Å². The molecule has 21 heavy (non-hydrogen) atoms. The van der Waals surface area contributed by atoms with Gasteiger partial charge in [0, 0.05) is 22.3 Å². The van der Waals surface area contributed by atoms with Gasteiger partial charge < -0.3 is 5.32 Å². The third kappa shape index (κ3) is 3.51. The summed E-state index contributed by atoms with van der Waals surface area (Å²) in [4.78, 5) is 0. The molecule has 5 nitrogen and oxygen atoms in total. The van der Waals surface area contributed by atoms with E-state index in [0.717, 1.165) is 16.9 Å². The summed E-state index contributed by atoms with van der Waals surface area (Å²) in [7, 11) is 0. The zero-order valence-electron chi connectivity index (χ0n) is 10.9. The van der Waals surface area contributed by atoms with Gasteiger partial charge in [-0.25, -0.2) is 4.68 Å². The topological polar surface area (TPSA) is 55.6 Å². The van der Waals surface area contributed by atoms with Crippen LogP contribution in [0.3, 0.4) is 0 Å². The van der Waals surface area contributed by atoms with Crippen molar-refractivity contribution in [2.24, 2.45) is 0 Å². The third-order valence-corrected chi connectivity index (χ3v) is 3.32. The Labute approximate surface area is 131 Å². The van der Waals surface area contributed by atoms with Crippen molar-refractivity contribution >= 4 is 28.9 Å². The van der Waals surface area contributed by atoms with Gasteiger partial charge in [0.15, 0.2) is 0 Å². The Balaban J connectivity index is 1.75. The van der Waals surface area contributed by atoms with Crippen molar-refractivity contribution in [2.75, 3.05) is 5.32 Å². The smallest absolute Gasteiger partial charge is 0.143 e. The Morgan fingerprint density at radius 2 is 1.86 bits per heavy atom. The van der Waals surface area contributed by atoms with Crippen molar-refractivity contribution < 1.29 is 0 Å². The van der Waals surface area contributed by atoms with Crippen LogP contribution in [0, 0.1) is 0 Å². The molecule has 0 bridgehead atoms. The van der Waals surface area contributed by atoms with Gasteiger partial charge in [-0.05, 0) is 52.4 Å². The van der Waals surface area contributed by atoms with E-state index >= 15 is 0 Å². The average molecular weight is 320 g/mol. The molecule has 1 N–H and O–H groups in total. The molecule has 3 rings (SSSR count). The molecule has 106 valence electrons. The average Bonchev–Trinajstić information content (AvgIpc) is 2.99. The molecule has 0 unspecified atom stereocenters. The van der Waals surface area contributed by atoms with E-state index in [9.17, 15) is 0 Å². The van der Waals surface area contributed by atoms with E-state index in [1.807, 2.05) is 36.4 Å². The second-order valence-corrected chi connectivity index (χ2v) is 5.31. The Morgan fingerprint density at radius 1 is 1.05 bits per heavy atom. The maximum Gasteiger partial charge on any atom is 0.143 e. The van der Waals surface area contributed by atoms with Crippen molar-refractivity contribution in [3.63, 3.8) is 0 Å². The summed E-state index contributed by atoms with van der Waals surface area (Å²) >= 11 is 12.0. The van der Waals surface area contributed by atoms with Gasteiger partial charge >= 0.3 is 0 Å². The van der Waals surface area contributed by atoms with Gasteiger partial charge in [0.25, 0.3) is 0 Å². The summed E-state index contributed by atoms with van der Waals surface area (Å²) in [6.07, 6.45) is 1.55. The predicted molar refractivity (Wildman–Crippen MR) is 82.9 cm³/mol. The number of anilines is 1. The number of nitrogens with one attached hydrogen (secondary N) is 1. The number of hydrogen-bond donors (Lipinski definition) is 1. The molecule has 0 spiro atoms. The number of benzene rings is 2. The fourth-order valence-electron chi connectivity index (χ4n) is 1.96. The van der Waals surface area contributed by atoms with E-state index in [4.69, 9.17) is 23.2 Å². The second kappa shape index (κ2) is 6.11. The summed E-state index contributed by atoms with van der Waals surface area (Å²) < 4.78 is 1.60. The molecule has 2 aromatic carbocycles. The summed E-state index contributed by atoms with van der Waals surface area (Å²) in [6, 6.07) is 13.3. The molecule has 0 aliphatic heterocycles. The van der Waals surface area contributed by atoms with Gasteiger partial charge in [0.05, 0.1) is 5.69 Å². The molecule has 0 aliphatic rings. The van der Waals surface area contributed by atoms with E-state index in [2.05, 4.69) is 20.8 Å². The van der Waals surface area contributed by atoms with Crippen molar-refractivity contribution in [3.05, 3.63) is 64.4 Å². The zero-order chi connectivity index (χ0) is 14.7. The minimum absolute atomic E-state index is 0.624. The van der Waals surface area contributed by atoms with E-state index in [1.165, 1.54) is 0 Å². The molecule has 0 saturated carbocycles. The largest absolute Gasteiger partial charge is 0.381 e. The minimum atomic E-state index is 0.624. The molecule has 1 heterocycles. The van der Waals surface area contributed by atoms with Crippen LogP contribution in [0.2, 0.25) is 10.0 Å². The molecular weight excluding hydrogens is 309 g/mol. The summed E-state index contributed by atoms with van der Waals surface area (Å²) in [6.45, 7) is 0.624. The number of nitrogens with zero attached hydrogens (tertiary/aromatic N) is 4. The van der Waals surface area contributed by atoms with Crippen molar-refractivity contribution in [1.29, 1.82) is 0 Å². The Hall–Kier alpha value is -2.11. The van der Waals surface area contributed by atoms with E-state index < -0.39 is 0 Å². The SMILES string of the molecule is Clc1cc(Cl)cc(CNc2cccc(-n3cnnn3)c2)c1. The molecule has 0 fully saturated rings. The summed E-state index contributed by atoms with van der Waals surface area (Å²) in [5.41, 5.74) is 2.86. The van der Waals surface area contributed by atoms with Gasteiger partial charge in [0.2, 0.25) is 0 Å². The van der Waals surface area contributed by atoms with E-state index in [0.29, 0.717) is 16.6 Å². The number of tetrazole rings is 1.